The predicted octanol–water partition coefficient (Wildman–Crippen LogP) is 3.94. The summed E-state index contributed by atoms with van der Waals surface area (Å²) in [6.07, 6.45) is 3.61. The second kappa shape index (κ2) is 8.79. The molecule has 1 fully saturated rings. The summed E-state index contributed by atoms with van der Waals surface area (Å²) in [6, 6.07) is 15.1. The molecule has 0 bridgehead atoms. The third kappa shape index (κ3) is 4.94. The summed E-state index contributed by atoms with van der Waals surface area (Å²) in [6.45, 7) is 1.30. The lowest BCUT2D eigenvalue weighted by molar-refractivity contribution is 0.0858. The third-order valence-corrected chi connectivity index (χ3v) is 4.74. The van der Waals surface area contributed by atoms with Gasteiger partial charge < -0.3 is 15.4 Å². The number of carbonyl (C=O) groups is 1. The van der Waals surface area contributed by atoms with E-state index in [1.54, 1.807) is 30.3 Å². The zero-order valence-corrected chi connectivity index (χ0v) is 15.8. The molecule has 1 atom stereocenters. The minimum Gasteiger partial charge on any atom is -0.376 e. The summed E-state index contributed by atoms with van der Waals surface area (Å²) in [5.41, 5.74) is 2.87. The third-order valence-electron chi connectivity index (χ3n) is 4.74. The molecule has 7 heteroatoms. The van der Waals surface area contributed by atoms with E-state index in [0.717, 1.165) is 30.7 Å². The van der Waals surface area contributed by atoms with Crippen molar-refractivity contribution in [3.8, 4) is 11.3 Å². The van der Waals surface area contributed by atoms with Gasteiger partial charge in [-0.1, -0.05) is 0 Å². The van der Waals surface area contributed by atoms with E-state index in [1.165, 1.54) is 18.5 Å². The Balaban J connectivity index is 1.39. The van der Waals surface area contributed by atoms with Crippen LogP contribution in [0.15, 0.2) is 60.9 Å². The highest BCUT2D eigenvalue weighted by atomic mass is 19.1. The summed E-state index contributed by atoms with van der Waals surface area (Å²) >= 11 is 0. The SMILES string of the molecule is O=C(NC[C@@H]1CCCO1)c1ccc(Nc2cc(-c3ccc(F)cc3)ncn2)cc1. The van der Waals surface area contributed by atoms with Crippen LogP contribution in [-0.4, -0.2) is 35.1 Å². The molecule has 2 N–H and O–H groups in total. The van der Waals surface area contributed by atoms with E-state index in [0.29, 0.717) is 23.6 Å². The van der Waals surface area contributed by atoms with E-state index in [1.807, 2.05) is 12.1 Å². The molecule has 0 saturated carbocycles. The van der Waals surface area contributed by atoms with Gasteiger partial charge in [-0.2, -0.15) is 0 Å². The molecule has 1 saturated heterocycles. The van der Waals surface area contributed by atoms with Crippen LogP contribution >= 0.6 is 0 Å². The van der Waals surface area contributed by atoms with Gasteiger partial charge in [0.1, 0.15) is 18.0 Å². The first-order valence-electron chi connectivity index (χ1n) is 9.52. The second-order valence-electron chi connectivity index (χ2n) is 6.84. The Morgan fingerprint density at radius 3 is 2.62 bits per heavy atom. The highest BCUT2D eigenvalue weighted by Crippen LogP contribution is 2.21. The van der Waals surface area contributed by atoms with E-state index in [9.17, 15) is 9.18 Å². The summed E-state index contributed by atoms with van der Waals surface area (Å²) in [5.74, 6) is 0.198. The van der Waals surface area contributed by atoms with Crippen molar-refractivity contribution in [1.82, 2.24) is 15.3 Å². The van der Waals surface area contributed by atoms with Crippen molar-refractivity contribution < 1.29 is 13.9 Å². The number of aromatic nitrogens is 2. The molecule has 4 rings (SSSR count). The number of hydrogen-bond acceptors (Lipinski definition) is 5. The smallest absolute Gasteiger partial charge is 0.251 e. The Bertz CT molecular complexity index is 971. The van der Waals surface area contributed by atoms with Crippen molar-refractivity contribution in [2.24, 2.45) is 0 Å². The molecule has 6 nitrogen and oxygen atoms in total. The number of benzene rings is 2. The summed E-state index contributed by atoms with van der Waals surface area (Å²) in [5, 5.41) is 6.10. The van der Waals surface area contributed by atoms with Gasteiger partial charge in [0.2, 0.25) is 0 Å². The van der Waals surface area contributed by atoms with Crippen molar-refractivity contribution in [3.05, 3.63) is 72.3 Å². The van der Waals surface area contributed by atoms with E-state index < -0.39 is 0 Å². The number of ether oxygens (including phenoxy) is 1. The lowest BCUT2D eigenvalue weighted by Crippen LogP contribution is -2.31. The summed E-state index contributed by atoms with van der Waals surface area (Å²) in [7, 11) is 0. The number of halogens is 1. The normalized spacial score (nSPS) is 15.8. The van der Waals surface area contributed by atoms with Crippen molar-refractivity contribution >= 4 is 17.4 Å². The molecule has 1 aliphatic heterocycles. The first-order valence-corrected chi connectivity index (χ1v) is 9.52. The van der Waals surface area contributed by atoms with E-state index in [2.05, 4.69) is 20.6 Å². The monoisotopic (exact) mass is 392 g/mol. The zero-order valence-electron chi connectivity index (χ0n) is 15.8. The van der Waals surface area contributed by atoms with Crippen LogP contribution in [0, 0.1) is 5.82 Å². The van der Waals surface area contributed by atoms with Crippen molar-refractivity contribution in [1.29, 1.82) is 0 Å². The van der Waals surface area contributed by atoms with Crippen LogP contribution in [0.4, 0.5) is 15.9 Å². The highest BCUT2D eigenvalue weighted by molar-refractivity contribution is 5.94. The fraction of sp³-hybridized carbons (Fsp3) is 0.227. The van der Waals surface area contributed by atoms with Crippen LogP contribution in [0.1, 0.15) is 23.2 Å². The van der Waals surface area contributed by atoms with Crippen LogP contribution in [-0.2, 0) is 4.74 Å². The molecule has 0 aliphatic carbocycles. The van der Waals surface area contributed by atoms with E-state index >= 15 is 0 Å². The predicted molar refractivity (Wildman–Crippen MR) is 108 cm³/mol. The van der Waals surface area contributed by atoms with Gasteiger partial charge in [-0.3, -0.25) is 4.79 Å². The summed E-state index contributed by atoms with van der Waals surface area (Å²) < 4.78 is 18.6. The maximum Gasteiger partial charge on any atom is 0.251 e. The molecule has 1 aliphatic rings. The average Bonchev–Trinajstić information content (AvgIpc) is 3.27. The Kier molecular flexibility index (Phi) is 5.76. The molecular weight excluding hydrogens is 371 g/mol. The lowest BCUT2D eigenvalue weighted by Gasteiger charge is -2.11. The number of hydrogen-bond donors (Lipinski definition) is 2. The molecule has 0 unspecified atom stereocenters. The van der Waals surface area contributed by atoms with Crippen LogP contribution < -0.4 is 10.6 Å². The van der Waals surface area contributed by atoms with Gasteiger partial charge in [-0.05, 0) is 61.4 Å². The Labute approximate surface area is 168 Å². The Morgan fingerprint density at radius 1 is 1.10 bits per heavy atom. The van der Waals surface area contributed by atoms with Gasteiger partial charge in [-0.15, -0.1) is 0 Å². The van der Waals surface area contributed by atoms with E-state index in [4.69, 9.17) is 4.74 Å². The van der Waals surface area contributed by atoms with Crippen LogP contribution in [0.3, 0.4) is 0 Å². The van der Waals surface area contributed by atoms with Crippen molar-refractivity contribution in [2.75, 3.05) is 18.5 Å². The fourth-order valence-corrected chi connectivity index (χ4v) is 3.17. The number of rotatable bonds is 6. The number of nitrogens with one attached hydrogen (secondary N) is 2. The van der Waals surface area contributed by atoms with Crippen molar-refractivity contribution in [3.63, 3.8) is 0 Å². The molecule has 1 aromatic heterocycles. The van der Waals surface area contributed by atoms with Gasteiger partial charge in [0.15, 0.2) is 0 Å². The minimum absolute atomic E-state index is 0.118. The molecule has 0 spiro atoms. The number of nitrogens with zero attached hydrogens (tertiary/aromatic N) is 2. The average molecular weight is 392 g/mol. The lowest BCUT2D eigenvalue weighted by atomic mass is 10.1. The largest absolute Gasteiger partial charge is 0.376 e. The molecule has 0 radical (unpaired) electrons. The van der Waals surface area contributed by atoms with E-state index in [-0.39, 0.29) is 17.8 Å². The maximum atomic E-state index is 13.1. The molecule has 29 heavy (non-hydrogen) atoms. The van der Waals surface area contributed by atoms with Gasteiger partial charge in [0.05, 0.1) is 11.8 Å². The molecular formula is C22H21FN4O2. The van der Waals surface area contributed by atoms with Crippen LogP contribution in [0.25, 0.3) is 11.3 Å². The van der Waals surface area contributed by atoms with Crippen LogP contribution in [0.2, 0.25) is 0 Å². The Hall–Kier alpha value is -3.32. The van der Waals surface area contributed by atoms with Gasteiger partial charge in [0, 0.05) is 36.0 Å². The standard InChI is InChI=1S/C22H21FN4O2/c23-17-7-3-15(4-8-17)20-12-21(26-14-25-20)27-18-9-5-16(6-10-18)22(28)24-13-19-2-1-11-29-19/h3-10,12,14,19H,1-2,11,13H2,(H,24,28)(H,25,26,27)/t19-/m0/s1. The first kappa shape index (κ1) is 19.0. The molecule has 1 amide bonds. The van der Waals surface area contributed by atoms with Gasteiger partial charge in [0.25, 0.3) is 5.91 Å². The Morgan fingerprint density at radius 2 is 1.90 bits per heavy atom. The maximum absolute atomic E-state index is 13.1. The summed E-state index contributed by atoms with van der Waals surface area (Å²) in [4.78, 5) is 20.7. The number of anilines is 2. The molecule has 2 aromatic carbocycles. The number of amides is 1. The molecule has 3 aromatic rings. The fourth-order valence-electron chi connectivity index (χ4n) is 3.17. The number of carbonyl (C=O) groups excluding carboxylic acids is 1. The quantitative estimate of drug-likeness (QED) is 0.665. The molecule has 148 valence electrons. The second-order valence-corrected chi connectivity index (χ2v) is 6.84. The van der Waals surface area contributed by atoms with Crippen LogP contribution in [0.5, 0.6) is 0 Å². The first-order chi connectivity index (χ1) is 14.2. The van der Waals surface area contributed by atoms with Gasteiger partial charge >= 0.3 is 0 Å². The molecule has 2 heterocycles. The van der Waals surface area contributed by atoms with Crippen molar-refractivity contribution in [2.45, 2.75) is 18.9 Å². The topological polar surface area (TPSA) is 76.1 Å². The zero-order chi connectivity index (χ0) is 20.1. The highest BCUT2D eigenvalue weighted by Gasteiger charge is 2.16. The minimum atomic E-state index is -0.291. The van der Waals surface area contributed by atoms with Gasteiger partial charge in [-0.25, -0.2) is 14.4 Å².